The van der Waals surface area contributed by atoms with E-state index in [-0.39, 0.29) is 6.42 Å². The fraction of sp³-hybridized carbons (Fsp3) is 0.917. The zero-order valence-electron chi connectivity index (χ0n) is 29.3. The molecule has 9 unspecified atom stereocenters. The van der Waals surface area contributed by atoms with Crippen molar-refractivity contribution in [1.82, 2.24) is 5.32 Å². The quantitative estimate of drug-likeness (QED) is 0.0428. The summed E-state index contributed by atoms with van der Waals surface area (Å²) < 4.78 is 11.0. The molecule has 47 heavy (non-hydrogen) atoms. The van der Waals surface area contributed by atoms with E-state index in [0.29, 0.717) is 19.3 Å². The Morgan fingerprint density at radius 3 is 1.83 bits per heavy atom. The molecule has 0 aromatic rings. The molecule has 0 bridgehead atoms. The number of allylic oxidation sites excluding steroid dienone is 2. The van der Waals surface area contributed by atoms with Crippen LogP contribution in [0.15, 0.2) is 12.2 Å². The van der Waals surface area contributed by atoms with Crippen LogP contribution in [0.3, 0.4) is 0 Å². The van der Waals surface area contributed by atoms with Gasteiger partial charge in [-0.2, -0.15) is 0 Å². The van der Waals surface area contributed by atoms with E-state index in [1.54, 1.807) is 0 Å². The standard InChI is InChI=1S/C36H69NO10/c1-3-5-7-9-11-13-14-16-18-20-22-24-29(40)35(45)37-27(26-46-36-34(44)33(43)32(42)30(25-38)47-36)31(41)28(39)23-21-19-17-15-12-10-8-6-4-2/h11,13,27-34,36,38-44H,3-10,12,14-26H2,1-2H3,(H,37,45)/b13-11-. The third-order valence-corrected chi connectivity index (χ3v) is 9.07. The van der Waals surface area contributed by atoms with Gasteiger partial charge in [0, 0.05) is 0 Å². The molecule has 0 spiro atoms. The average Bonchev–Trinajstić information content (AvgIpc) is 3.07. The highest BCUT2D eigenvalue weighted by atomic mass is 16.7. The number of carbonyl (C=O) groups excluding carboxylic acids is 1. The van der Waals surface area contributed by atoms with Crippen molar-refractivity contribution in [1.29, 1.82) is 0 Å². The topological polar surface area (TPSA) is 189 Å². The van der Waals surface area contributed by atoms with Gasteiger partial charge in [-0.05, 0) is 38.5 Å². The minimum absolute atomic E-state index is 0.246. The van der Waals surface area contributed by atoms with Crippen LogP contribution >= 0.6 is 0 Å². The molecule has 0 aromatic heterocycles. The largest absolute Gasteiger partial charge is 0.394 e. The van der Waals surface area contributed by atoms with Crippen LogP contribution in [0.4, 0.5) is 0 Å². The number of aliphatic hydroxyl groups is 7. The molecular weight excluding hydrogens is 606 g/mol. The number of unbranched alkanes of at least 4 members (excludes halogenated alkanes) is 15. The van der Waals surface area contributed by atoms with Crippen LogP contribution in [-0.2, 0) is 14.3 Å². The summed E-state index contributed by atoms with van der Waals surface area (Å²) in [6, 6.07) is -1.16. The Hall–Kier alpha value is -1.15. The number of nitrogens with one attached hydrogen (secondary N) is 1. The van der Waals surface area contributed by atoms with E-state index in [1.807, 2.05) is 0 Å². The molecule has 1 saturated heterocycles. The Bertz CT molecular complexity index is 785. The lowest BCUT2D eigenvalue weighted by Gasteiger charge is -2.40. The van der Waals surface area contributed by atoms with Crippen molar-refractivity contribution in [3.63, 3.8) is 0 Å². The molecule has 0 radical (unpaired) electrons. The monoisotopic (exact) mass is 675 g/mol. The third kappa shape index (κ3) is 19.0. The summed E-state index contributed by atoms with van der Waals surface area (Å²) in [5.41, 5.74) is 0. The van der Waals surface area contributed by atoms with Crippen molar-refractivity contribution in [2.24, 2.45) is 0 Å². The maximum Gasteiger partial charge on any atom is 0.249 e. The van der Waals surface area contributed by atoms with Crippen molar-refractivity contribution in [2.45, 2.75) is 197 Å². The van der Waals surface area contributed by atoms with Crippen molar-refractivity contribution in [3.8, 4) is 0 Å². The summed E-state index contributed by atoms with van der Waals surface area (Å²) in [5.74, 6) is -0.711. The molecule has 0 aromatic carbocycles. The predicted octanol–water partition coefficient (Wildman–Crippen LogP) is 3.77. The van der Waals surface area contributed by atoms with Gasteiger partial charge in [-0.3, -0.25) is 4.79 Å². The minimum Gasteiger partial charge on any atom is -0.394 e. The fourth-order valence-electron chi connectivity index (χ4n) is 5.84. The second-order valence-electron chi connectivity index (χ2n) is 13.3. The molecule has 278 valence electrons. The van der Waals surface area contributed by atoms with Gasteiger partial charge in [-0.1, -0.05) is 116 Å². The Morgan fingerprint density at radius 2 is 1.23 bits per heavy atom. The minimum atomic E-state index is -1.66. The molecule has 1 rings (SSSR count). The first-order valence-corrected chi connectivity index (χ1v) is 18.6. The van der Waals surface area contributed by atoms with Crippen molar-refractivity contribution < 1.29 is 50.0 Å². The molecule has 1 fully saturated rings. The van der Waals surface area contributed by atoms with E-state index < -0.39 is 74.2 Å². The lowest BCUT2D eigenvalue weighted by Crippen LogP contribution is -2.60. The Labute approximate surface area is 283 Å². The summed E-state index contributed by atoms with van der Waals surface area (Å²) in [4.78, 5) is 12.9. The Kier molecular flexibility index (Phi) is 25.8. The maximum absolute atomic E-state index is 12.9. The molecule has 0 aliphatic carbocycles. The smallest absolute Gasteiger partial charge is 0.249 e. The summed E-state index contributed by atoms with van der Waals surface area (Å²) >= 11 is 0. The van der Waals surface area contributed by atoms with Gasteiger partial charge >= 0.3 is 0 Å². The normalized spacial score (nSPS) is 24.3. The highest BCUT2D eigenvalue weighted by molar-refractivity contribution is 5.80. The number of ether oxygens (including phenoxy) is 2. The summed E-state index contributed by atoms with van der Waals surface area (Å²) in [6.45, 7) is 3.33. The van der Waals surface area contributed by atoms with Crippen molar-refractivity contribution in [2.75, 3.05) is 13.2 Å². The Morgan fingerprint density at radius 1 is 0.723 bits per heavy atom. The van der Waals surface area contributed by atoms with E-state index in [2.05, 4.69) is 31.3 Å². The summed E-state index contributed by atoms with van der Waals surface area (Å²) in [6.07, 6.45) is 12.9. The first-order valence-electron chi connectivity index (χ1n) is 18.6. The third-order valence-electron chi connectivity index (χ3n) is 9.07. The fourth-order valence-corrected chi connectivity index (χ4v) is 5.84. The number of carbonyl (C=O) groups is 1. The van der Waals surface area contributed by atoms with Crippen LogP contribution in [0.5, 0.6) is 0 Å². The molecular formula is C36H69NO10. The van der Waals surface area contributed by atoms with Gasteiger partial charge < -0.3 is 50.5 Å². The first kappa shape index (κ1) is 43.9. The van der Waals surface area contributed by atoms with E-state index >= 15 is 0 Å². The Balaban J connectivity index is 2.61. The van der Waals surface area contributed by atoms with Crippen LogP contribution in [0.25, 0.3) is 0 Å². The number of rotatable bonds is 29. The van der Waals surface area contributed by atoms with Gasteiger partial charge in [0.1, 0.15) is 36.6 Å². The summed E-state index contributed by atoms with van der Waals surface area (Å²) in [5, 5.41) is 74.9. The van der Waals surface area contributed by atoms with Crippen molar-refractivity contribution in [3.05, 3.63) is 12.2 Å². The van der Waals surface area contributed by atoms with Gasteiger partial charge in [-0.15, -0.1) is 0 Å². The van der Waals surface area contributed by atoms with Crippen LogP contribution < -0.4 is 5.32 Å². The predicted molar refractivity (Wildman–Crippen MR) is 182 cm³/mol. The molecule has 0 saturated carbocycles. The highest BCUT2D eigenvalue weighted by Crippen LogP contribution is 2.23. The molecule has 1 aliphatic rings. The van der Waals surface area contributed by atoms with Crippen molar-refractivity contribution >= 4 is 5.91 Å². The maximum atomic E-state index is 12.9. The molecule has 11 heteroatoms. The molecule has 9 atom stereocenters. The SMILES string of the molecule is CCCCC/C=C\CCCCCCC(O)C(=O)NC(COC1OC(CO)C(O)C(O)C1O)C(O)C(O)CCCCCCCCCCC. The van der Waals surface area contributed by atoms with Crippen LogP contribution in [0.1, 0.15) is 142 Å². The van der Waals surface area contributed by atoms with Gasteiger partial charge in [0.25, 0.3) is 0 Å². The van der Waals surface area contributed by atoms with Gasteiger partial charge in [0.05, 0.1) is 25.4 Å². The van der Waals surface area contributed by atoms with Gasteiger partial charge in [-0.25, -0.2) is 0 Å². The number of hydrogen-bond acceptors (Lipinski definition) is 10. The van der Waals surface area contributed by atoms with Gasteiger partial charge in [0.15, 0.2) is 6.29 Å². The van der Waals surface area contributed by atoms with Gasteiger partial charge in [0.2, 0.25) is 5.91 Å². The molecule has 1 heterocycles. The molecule has 8 N–H and O–H groups in total. The number of hydrogen-bond donors (Lipinski definition) is 8. The number of amides is 1. The lowest BCUT2D eigenvalue weighted by atomic mass is 9.98. The second kappa shape index (κ2) is 27.6. The lowest BCUT2D eigenvalue weighted by molar-refractivity contribution is -0.303. The van der Waals surface area contributed by atoms with E-state index in [1.165, 1.54) is 51.4 Å². The average molecular weight is 676 g/mol. The second-order valence-corrected chi connectivity index (χ2v) is 13.3. The van der Waals surface area contributed by atoms with Crippen LogP contribution in [0, 0.1) is 0 Å². The van der Waals surface area contributed by atoms with E-state index in [4.69, 9.17) is 9.47 Å². The zero-order chi connectivity index (χ0) is 34.9. The van der Waals surface area contributed by atoms with E-state index in [9.17, 15) is 40.5 Å². The summed E-state index contributed by atoms with van der Waals surface area (Å²) in [7, 11) is 0. The molecule has 1 aliphatic heterocycles. The first-order chi connectivity index (χ1) is 22.7. The zero-order valence-corrected chi connectivity index (χ0v) is 29.3. The number of aliphatic hydroxyl groups excluding tert-OH is 7. The highest BCUT2D eigenvalue weighted by Gasteiger charge is 2.44. The molecule has 11 nitrogen and oxygen atoms in total. The molecule has 1 amide bonds. The van der Waals surface area contributed by atoms with Crippen LogP contribution in [0.2, 0.25) is 0 Å². The van der Waals surface area contributed by atoms with Crippen LogP contribution in [-0.4, -0.2) is 110 Å². The van der Waals surface area contributed by atoms with E-state index in [0.717, 1.165) is 51.4 Å².